The summed E-state index contributed by atoms with van der Waals surface area (Å²) < 4.78 is 0. The van der Waals surface area contributed by atoms with Gasteiger partial charge in [-0.05, 0) is 18.4 Å². The highest BCUT2D eigenvalue weighted by atomic mass is 16.2. The molecule has 0 unspecified atom stereocenters. The van der Waals surface area contributed by atoms with Crippen LogP contribution in [0.15, 0.2) is 41.8 Å². The van der Waals surface area contributed by atoms with Crippen molar-refractivity contribution in [3.8, 4) is 0 Å². The number of likely N-dealkylation sites (tertiary alicyclic amines) is 1. The van der Waals surface area contributed by atoms with Gasteiger partial charge < -0.3 is 4.90 Å². The minimum absolute atomic E-state index is 0.0378. The van der Waals surface area contributed by atoms with Crippen molar-refractivity contribution in [3.63, 3.8) is 0 Å². The lowest BCUT2D eigenvalue weighted by Gasteiger charge is -2.31. The number of H-pyrrole nitrogens is 1. The van der Waals surface area contributed by atoms with Crippen LogP contribution in [0, 0.1) is 0 Å². The molecular weight excluding hydrogens is 356 g/mol. The summed E-state index contributed by atoms with van der Waals surface area (Å²) in [4.78, 5) is 31.0. The molecule has 1 fully saturated rings. The number of hydrogen-bond acceptors (Lipinski definition) is 5. The number of rotatable bonds is 5. The molecule has 1 saturated heterocycles. The van der Waals surface area contributed by atoms with Gasteiger partial charge in [0.1, 0.15) is 12.2 Å². The van der Waals surface area contributed by atoms with E-state index >= 15 is 0 Å². The Morgan fingerprint density at radius 3 is 2.50 bits per heavy atom. The molecule has 28 heavy (non-hydrogen) atoms. The van der Waals surface area contributed by atoms with E-state index in [4.69, 9.17) is 0 Å². The molecule has 1 aromatic heterocycles. The Morgan fingerprint density at radius 1 is 1.04 bits per heavy atom. The van der Waals surface area contributed by atoms with E-state index in [0.29, 0.717) is 25.6 Å². The van der Waals surface area contributed by atoms with E-state index in [1.54, 1.807) is 0 Å². The summed E-state index contributed by atoms with van der Waals surface area (Å²) in [5.74, 6) is 1.17. The number of aromatic nitrogens is 3. The highest BCUT2D eigenvalue weighted by Crippen LogP contribution is 2.25. The van der Waals surface area contributed by atoms with Gasteiger partial charge in [0.05, 0.1) is 12.3 Å². The first-order valence-electron chi connectivity index (χ1n) is 9.77. The number of nitrogens with zero attached hydrogens (tertiary/aromatic N) is 5. The third-order valence-electron chi connectivity index (χ3n) is 5.42. The van der Waals surface area contributed by atoms with Crippen LogP contribution in [0.2, 0.25) is 0 Å². The molecule has 0 atom stereocenters. The van der Waals surface area contributed by atoms with E-state index in [1.807, 2.05) is 35.2 Å². The summed E-state index contributed by atoms with van der Waals surface area (Å²) in [7, 11) is 0. The monoisotopic (exact) mass is 380 g/mol. The predicted octanol–water partition coefficient (Wildman–Crippen LogP) is 1.93. The van der Waals surface area contributed by atoms with Crippen molar-refractivity contribution >= 4 is 17.5 Å². The van der Waals surface area contributed by atoms with Crippen molar-refractivity contribution < 1.29 is 9.59 Å². The van der Waals surface area contributed by atoms with Crippen molar-refractivity contribution in [2.45, 2.75) is 38.0 Å². The summed E-state index contributed by atoms with van der Waals surface area (Å²) in [5, 5.41) is 12.8. The minimum atomic E-state index is -0.0872. The second-order valence-electron chi connectivity index (χ2n) is 7.21. The zero-order valence-electron chi connectivity index (χ0n) is 15.8. The Balaban J connectivity index is 1.24. The topological polar surface area (TPSA) is 94.6 Å². The first-order chi connectivity index (χ1) is 13.7. The minimum Gasteiger partial charge on any atom is -0.343 e. The van der Waals surface area contributed by atoms with E-state index in [1.165, 1.54) is 11.3 Å². The van der Waals surface area contributed by atoms with E-state index in [2.05, 4.69) is 20.3 Å². The van der Waals surface area contributed by atoms with Crippen LogP contribution in [-0.4, -0.2) is 62.3 Å². The molecule has 1 aromatic carbocycles. The second-order valence-corrected chi connectivity index (χ2v) is 7.21. The van der Waals surface area contributed by atoms with Gasteiger partial charge in [-0.3, -0.25) is 14.7 Å². The third kappa shape index (κ3) is 4.11. The molecule has 1 N–H and O–H groups in total. The van der Waals surface area contributed by atoms with E-state index in [-0.39, 0.29) is 24.7 Å². The Labute approximate surface area is 163 Å². The maximum atomic E-state index is 12.5. The van der Waals surface area contributed by atoms with Gasteiger partial charge >= 0.3 is 0 Å². The lowest BCUT2D eigenvalue weighted by Crippen LogP contribution is -2.38. The number of piperidine rings is 1. The summed E-state index contributed by atoms with van der Waals surface area (Å²) in [6.07, 6.45) is 4.43. The molecule has 2 aliphatic heterocycles. The van der Waals surface area contributed by atoms with Gasteiger partial charge in [-0.15, -0.1) is 0 Å². The number of benzene rings is 1. The lowest BCUT2D eigenvalue weighted by molar-refractivity contribution is -0.137. The molecule has 2 aliphatic rings. The molecule has 2 amide bonds. The van der Waals surface area contributed by atoms with Crippen LogP contribution >= 0.6 is 0 Å². The summed E-state index contributed by atoms with van der Waals surface area (Å²) >= 11 is 0. The van der Waals surface area contributed by atoms with Gasteiger partial charge in [0.15, 0.2) is 0 Å². The molecule has 4 rings (SSSR count). The van der Waals surface area contributed by atoms with Crippen molar-refractivity contribution in [1.82, 2.24) is 25.1 Å². The normalized spacial score (nSPS) is 17.6. The van der Waals surface area contributed by atoms with Gasteiger partial charge in [-0.25, -0.2) is 9.99 Å². The Kier molecular flexibility index (Phi) is 5.45. The van der Waals surface area contributed by atoms with Crippen LogP contribution in [-0.2, 0) is 9.59 Å². The first kappa shape index (κ1) is 18.3. The lowest BCUT2D eigenvalue weighted by atomic mass is 9.96. The Hall–Kier alpha value is -3.03. The standard InChI is InChI=1S/C20H24N6O2/c27-18(25-11-8-16(9-12-25)20-21-14-22-23-20)6-7-19(28)26-13-10-17(24-26)15-4-2-1-3-5-15/h1-5,14,16H,6-13H2,(H,21,22,23). The quantitative estimate of drug-likeness (QED) is 0.857. The van der Waals surface area contributed by atoms with Crippen molar-refractivity contribution in [3.05, 3.63) is 48.0 Å². The van der Waals surface area contributed by atoms with Crippen molar-refractivity contribution in [2.75, 3.05) is 19.6 Å². The maximum Gasteiger partial charge on any atom is 0.243 e. The fourth-order valence-corrected chi connectivity index (χ4v) is 3.79. The molecule has 0 aliphatic carbocycles. The van der Waals surface area contributed by atoms with Crippen LogP contribution in [0.5, 0.6) is 0 Å². The van der Waals surface area contributed by atoms with E-state index in [9.17, 15) is 9.59 Å². The number of carbonyl (C=O) groups excluding carboxylic acids is 2. The van der Waals surface area contributed by atoms with Crippen LogP contribution < -0.4 is 0 Å². The average molecular weight is 380 g/mol. The number of carbonyl (C=O) groups is 2. The molecule has 0 saturated carbocycles. The first-order valence-corrected chi connectivity index (χ1v) is 9.77. The highest BCUT2D eigenvalue weighted by Gasteiger charge is 2.27. The summed E-state index contributed by atoms with van der Waals surface area (Å²) in [6.45, 7) is 1.97. The van der Waals surface area contributed by atoms with Gasteiger partial charge in [-0.1, -0.05) is 30.3 Å². The molecule has 0 bridgehead atoms. The number of aromatic amines is 1. The Bertz CT molecular complexity index is 841. The van der Waals surface area contributed by atoms with Crippen LogP contribution in [0.3, 0.4) is 0 Å². The molecule has 0 radical (unpaired) electrons. The highest BCUT2D eigenvalue weighted by molar-refractivity contribution is 6.02. The number of hydrazone groups is 1. The number of amides is 2. The van der Waals surface area contributed by atoms with E-state index in [0.717, 1.165) is 36.4 Å². The number of hydrogen-bond donors (Lipinski definition) is 1. The maximum absolute atomic E-state index is 12.5. The second kappa shape index (κ2) is 8.33. The smallest absolute Gasteiger partial charge is 0.243 e. The molecule has 146 valence electrons. The average Bonchev–Trinajstić information content (AvgIpc) is 3.45. The zero-order valence-corrected chi connectivity index (χ0v) is 15.8. The summed E-state index contributed by atoms with van der Waals surface area (Å²) in [5.41, 5.74) is 1.97. The Morgan fingerprint density at radius 2 is 1.79 bits per heavy atom. The van der Waals surface area contributed by atoms with Crippen LogP contribution in [0.4, 0.5) is 0 Å². The molecule has 8 nitrogen and oxygen atoms in total. The summed E-state index contributed by atoms with van der Waals surface area (Å²) in [6, 6.07) is 9.89. The largest absolute Gasteiger partial charge is 0.343 e. The van der Waals surface area contributed by atoms with Crippen LogP contribution in [0.25, 0.3) is 0 Å². The SMILES string of the molecule is O=C(CCC(=O)N1CCC(c2ccccc2)=N1)N1CCC(c2ncn[nH]2)CC1. The van der Waals surface area contributed by atoms with Gasteiger partial charge in [0, 0.05) is 38.3 Å². The molecular formula is C20H24N6O2. The molecule has 2 aromatic rings. The predicted molar refractivity (Wildman–Crippen MR) is 103 cm³/mol. The van der Waals surface area contributed by atoms with Crippen molar-refractivity contribution in [1.29, 1.82) is 0 Å². The third-order valence-corrected chi connectivity index (χ3v) is 5.42. The van der Waals surface area contributed by atoms with Crippen molar-refractivity contribution in [2.24, 2.45) is 5.10 Å². The van der Waals surface area contributed by atoms with Gasteiger partial charge in [0.25, 0.3) is 0 Å². The molecule has 8 heteroatoms. The zero-order chi connectivity index (χ0) is 19.3. The van der Waals surface area contributed by atoms with Crippen LogP contribution in [0.1, 0.15) is 49.4 Å². The molecule has 0 spiro atoms. The number of nitrogens with one attached hydrogen (secondary N) is 1. The fraction of sp³-hybridized carbons (Fsp3) is 0.450. The van der Waals surface area contributed by atoms with Gasteiger partial charge in [0.2, 0.25) is 11.8 Å². The fourth-order valence-electron chi connectivity index (χ4n) is 3.79. The molecule has 3 heterocycles. The van der Waals surface area contributed by atoms with Gasteiger partial charge in [-0.2, -0.15) is 10.2 Å². The van der Waals surface area contributed by atoms with E-state index < -0.39 is 0 Å².